The minimum absolute atomic E-state index is 0.0184. The number of fused-ring (bicyclic) bond motifs is 2. The molecule has 4 unspecified atom stereocenters. The summed E-state index contributed by atoms with van der Waals surface area (Å²) in [5.74, 6) is 7.03. The van der Waals surface area contributed by atoms with Gasteiger partial charge in [-0.25, -0.2) is 0 Å². The molecule has 0 saturated heterocycles. The van der Waals surface area contributed by atoms with Crippen LogP contribution in [-0.2, 0) is 29.8 Å². The number of rotatable bonds is 26. The van der Waals surface area contributed by atoms with E-state index in [9.17, 15) is 0 Å². The highest BCUT2D eigenvalue weighted by Crippen LogP contribution is 2.53. The molecule has 4 atom stereocenters. The summed E-state index contributed by atoms with van der Waals surface area (Å²) >= 11 is 8.23. The number of halogens is 2. The molecule has 0 aliphatic carbocycles. The van der Waals surface area contributed by atoms with Crippen LogP contribution in [0.2, 0.25) is 0 Å². The Kier molecular flexibility index (Phi) is 21.7. The Balaban J connectivity index is 0.000000216. The predicted octanol–water partition coefficient (Wildman–Crippen LogP) is 13.3. The van der Waals surface area contributed by atoms with Gasteiger partial charge in [0.1, 0.15) is 46.0 Å². The van der Waals surface area contributed by atoms with E-state index in [0.717, 1.165) is 99.2 Å². The van der Waals surface area contributed by atoms with E-state index in [1.807, 2.05) is 60.7 Å². The first kappa shape index (κ1) is 56.3. The van der Waals surface area contributed by atoms with Gasteiger partial charge in [-0.05, 0) is 113 Å². The largest absolute Gasteiger partial charge is 0.494 e. The van der Waals surface area contributed by atoms with Crippen LogP contribution in [0.25, 0.3) is 0 Å². The third-order valence-electron chi connectivity index (χ3n) is 13.3. The smallest absolute Gasteiger partial charge is 0.188 e. The lowest BCUT2D eigenvalue weighted by Crippen LogP contribution is -2.41. The maximum absolute atomic E-state index is 6.38. The first-order valence-corrected chi connectivity index (χ1v) is 27.0. The van der Waals surface area contributed by atoms with Crippen molar-refractivity contribution in [2.75, 3.05) is 92.3 Å². The molecule has 6 aromatic carbocycles. The molecule has 0 radical (unpaired) electrons. The van der Waals surface area contributed by atoms with Crippen molar-refractivity contribution in [1.82, 2.24) is 0 Å². The van der Waals surface area contributed by atoms with E-state index in [0.29, 0.717) is 31.5 Å². The second-order valence-electron chi connectivity index (χ2n) is 18.6. The molecule has 2 aliphatic rings. The van der Waals surface area contributed by atoms with Crippen molar-refractivity contribution in [1.29, 1.82) is 0 Å². The van der Waals surface area contributed by atoms with Crippen LogP contribution in [-0.4, -0.2) is 92.3 Å². The molecule has 8 rings (SSSR count). The van der Waals surface area contributed by atoms with Crippen molar-refractivity contribution >= 4 is 34.2 Å². The molecule has 0 amide bonds. The fourth-order valence-corrected chi connectivity index (χ4v) is 10.3. The van der Waals surface area contributed by atoms with Gasteiger partial charge in [0.05, 0.1) is 26.4 Å². The molecule has 2 heterocycles. The lowest BCUT2D eigenvalue weighted by molar-refractivity contribution is 0.0505. The van der Waals surface area contributed by atoms with Crippen molar-refractivity contribution < 1.29 is 56.8 Å². The Morgan fingerprint density at radius 2 is 0.838 bits per heavy atom. The molecule has 396 valence electrons. The average Bonchev–Trinajstić information content (AvgIpc) is 3.43. The third kappa shape index (κ3) is 14.5. The lowest BCUT2D eigenvalue weighted by Gasteiger charge is -2.43. The van der Waals surface area contributed by atoms with Gasteiger partial charge in [0, 0.05) is 80.2 Å². The average molecular weight is 1150 g/mol. The van der Waals surface area contributed by atoms with E-state index >= 15 is 0 Å². The van der Waals surface area contributed by atoms with Crippen LogP contribution in [0.5, 0.6) is 46.0 Å². The van der Waals surface area contributed by atoms with Crippen LogP contribution < -0.4 is 37.9 Å². The Bertz CT molecular complexity index is 2450. The number of benzene rings is 6. The van der Waals surface area contributed by atoms with Gasteiger partial charge in [-0.2, -0.15) is 0 Å². The summed E-state index contributed by atoms with van der Waals surface area (Å²) in [7, 11) is 6.44. The topological polar surface area (TPSA) is 111 Å². The van der Waals surface area contributed by atoms with Gasteiger partial charge in [-0.3, -0.25) is 0 Å². The summed E-state index contributed by atoms with van der Waals surface area (Å²) in [5.41, 5.74) is 6.19. The molecule has 0 spiro atoms. The summed E-state index contributed by atoms with van der Waals surface area (Å²) in [6, 6.07) is 45.2. The molecule has 2 aliphatic heterocycles. The van der Waals surface area contributed by atoms with Crippen LogP contribution in [0.4, 0.5) is 0 Å². The molecule has 14 heteroatoms. The molecular formula is C60H70ClIO12. The molecule has 0 bridgehead atoms. The zero-order valence-corrected chi connectivity index (χ0v) is 46.3. The second-order valence-corrected chi connectivity index (χ2v) is 20.0. The lowest BCUT2D eigenvalue weighted by atomic mass is 9.65. The fraction of sp³-hybridized carbons (Fsp3) is 0.400. The van der Waals surface area contributed by atoms with Gasteiger partial charge in [0.15, 0.2) is 27.2 Å². The highest BCUT2D eigenvalue weighted by molar-refractivity contribution is 14.1. The molecule has 0 N–H and O–H groups in total. The number of unbranched alkanes of at least 4 members (excludes halogenated alkanes) is 2. The van der Waals surface area contributed by atoms with Crippen molar-refractivity contribution in [3.63, 3.8) is 0 Å². The molecule has 0 fully saturated rings. The number of methoxy groups -OCH3 is 4. The summed E-state index contributed by atoms with van der Waals surface area (Å²) in [5, 5.41) is 0. The minimum Gasteiger partial charge on any atom is -0.494 e. The van der Waals surface area contributed by atoms with E-state index in [2.05, 4.69) is 109 Å². The van der Waals surface area contributed by atoms with E-state index in [4.69, 9.17) is 68.4 Å². The summed E-state index contributed by atoms with van der Waals surface area (Å²) in [4.78, 5) is 0. The zero-order chi connectivity index (χ0) is 52.2. The first-order valence-electron chi connectivity index (χ1n) is 25.0. The van der Waals surface area contributed by atoms with Crippen molar-refractivity contribution in [3.05, 3.63) is 167 Å². The molecular weight excluding hydrogens is 1080 g/mol. The summed E-state index contributed by atoms with van der Waals surface area (Å²) in [6.45, 7) is 7.67. The minimum atomic E-state index is -0.348. The zero-order valence-electron chi connectivity index (χ0n) is 43.4. The SMILES string of the molecule is COCOc1ccc(C2(C)COc3cc(OCOC)ccc3C2c2cccc(OCCCCCl)c2)cc1.COCOc1ccc(C2(C)COc3cc(OCOC)ccc3C2c2cccc(OCCCCI)c2)cc1. The van der Waals surface area contributed by atoms with E-state index in [1.54, 1.807) is 28.4 Å². The monoisotopic (exact) mass is 1140 g/mol. The van der Waals surface area contributed by atoms with Crippen LogP contribution in [0.1, 0.15) is 84.7 Å². The van der Waals surface area contributed by atoms with E-state index in [-0.39, 0.29) is 49.8 Å². The normalized spacial score (nSPS) is 18.5. The van der Waals surface area contributed by atoms with Gasteiger partial charge in [0.25, 0.3) is 0 Å². The quantitative estimate of drug-likeness (QED) is 0.0223. The number of alkyl halides is 2. The highest BCUT2D eigenvalue weighted by atomic mass is 127. The van der Waals surface area contributed by atoms with Gasteiger partial charge in [-0.15, -0.1) is 11.6 Å². The molecule has 74 heavy (non-hydrogen) atoms. The number of hydrogen-bond donors (Lipinski definition) is 0. The summed E-state index contributed by atoms with van der Waals surface area (Å²) < 4.78 is 68.9. The van der Waals surface area contributed by atoms with Crippen LogP contribution in [0, 0.1) is 0 Å². The Hall–Kier alpha value is -5.42. The van der Waals surface area contributed by atoms with Crippen molar-refractivity contribution in [2.24, 2.45) is 0 Å². The Labute approximate surface area is 455 Å². The van der Waals surface area contributed by atoms with E-state index in [1.165, 1.54) is 11.1 Å². The van der Waals surface area contributed by atoms with Gasteiger partial charge >= 0.3 is 0 Å². The molecule has 0 aromatic heterocycles. The van der Waals surface area contributed by atoms with Crippen molar-refractivity contribution in [2.45, 2.75) is 62.2 Å². The third-order valence-corrected chi connectivity index (χ3v) is 14.3. The van der Waals surface area contributed by atoms with Crippen LogP contribution >= 0.6 is 34.2 Å². The Morgan fingerprint density at radius 3 is 1.23 bits per heavy atom. The first-order chi connectivity index (χ1) is 36.2. The predicted molar refractivity (Wildman–Crippen MR) is 297 cm³/mol. The Morgan fingerprint density at radius 1 is 0.459 bits per heavy atom. The van der Waals surface area contributed by atoms with Gasteiger partial charge in [0.2, 0.25) is 0 Å². The van der Waals surface area contributed by atoms with Crippen molar-refractivity contribution in [3.8, 4) is 46.0 Å². The number of hydrogen-bond acceptors (Lipinski definition) is 12. The number of ether oxygens (including phenoxy) is 12. The molecule has 12 nitrogen and oxygen atoms in total. The van der Waals surface area contributed by atoms with Crippen LogP contribution in [0.15, 0.2) is 133 Å². The fourth-order valence-electron chi connectivity index (χ4n) is 9.55. The highest BCUT2D eigenvalue weighted by Gasteiger charge is 2.45. The molecule has 0 saturated carbocycles. The maximum Gasteiger partial charge on any atom is 0.188 e. The molecule has 6 aromatic rings. The van der Waals surface area contributed by atoms with Crippen LogP contribution in [0.3, 0.4) is 0 Å². The second kappa shape index (κ2) is 28.5. The van der Waals surface area contributed by atoms with Gasteiger partial charge < -0.3 is 56.8 Å². The summed E-state index contributed by atoms with van der Waals surface area (Å²) in [6.07, 6.45) is 4.06. The maximum atomic E-state index is 6.38. The van der Waals surface area contributed by atoms with Gasteiger partial charge in [-0.1, -0.05) is 97.1 Å². The standard InChI is InChI=1S/C30H35ClO6.C30H35IO6/c2*1-30(23-9-11-24(12-10-23)36-20-32-2)19-35-28-18-26(37-21-33-3)13-14-27(28)29(30)22-7-6-8-25(17-22)34-16-5-4-15-31/h2*6-14,17-18,29H,4-5,15-16,19-21H2,1-3H3. The van der Waals surface area contributed by atoms with E-state index < -0.39 is 0 Å².